The van der Waals surface area contributed by atoms with Crippen LogP contribution in [0.4, 0.5) is 8.78 Å². The van der Waals surface area contributed by atoms with E-state index in [9.17, 15) is 17.2 Å². The third-order valence-electron chi connectivity index (χ3n) is 5.33. The van der Waals surface area contributed by atoms with Crippen molar-refractivity contribution in [3.05, 3.63) is 58.8 Å². The molecule has 9 heteroatoms. The summed E-state index contributed by atoms with van der Waals surface area (Å²) >= 11 is 0. The van der Waals surface area contributed by atoms with E-state index in [1.165, 1.54) is 6.07 Å². The molecule has 28 heavy (non-hydrogen) atoms. The summed E-state index contributed by atoms with van der Waals surface area (Å²) in [6.07, 6.45) is 0.980. The smallest absolute Gasteiger partial charge is 0.192 e. The lowest BCUT2D eigenvalue weighted by Gasteiger charge is -2.38. The van der Waals surface area contributed by atoms with Crippen LogP contribution in [-0.4, -0.2) is 43.2 Å². The molecule has 0 unspecified atom stereocenters. The number of nitrogens with zero attached hydrogens (tertiary/aromatic N) is 2. The summed E-state index contributed by atoms with van der Waals surface area (Å²) in [5.41, 5.74) is 8.08. The minimum atomic E-state index is -3.36. The van der Waals surface area contributed by atoms with Gasteiger partial charge in [0.1, 0.15) is 17.7 Å². The molecule has 150 valence electrons. The fraction of sp³-hybridized carbons (Fsp3) is 0.421. The summed E-state index contributed by atoms with van der Waals surface area (Å²) in [6.45, 7) is 1.44. The molecule has 0 radical (unpaired) electrons. The Morgan fingerprint density at radius 2 is 2.00 bits per heavy atom. The number of nitrogens with two attached hydrogens (primary N) is 1. The highest BCUT2D eigenvalue weighted by Crippen LogP contribution is 2.34. The van der Waals surface area contributed by atoms with Gasteiger partial charge in [0.05, 0.1) is 12.3 Å². The quantitative estimate of drug-likeness (QED) is 0.834. The molecule has 0 saturated carbocycles. The minimum Gasteiger partial charge on any atom is -0.370 e. The van der Waals surface area contributed by atoms with Crippen molar-refractivity contribution in [2.24, 2.45) is 5.73 Å². The van der Waals surface area contributed by atoms with Crippen molar-refractivity contribution >= 4 is 9.84 Å². The zero-order valence-corrected chi connectivity index (χ0v) is 16.1. The van der Waals surface area contributed by atoms with Crippen LogP contribution in [0.3, 0.4) is 0 Å². The summed E-state index contributed by atoms with van der Waals surface area (Å²) in [5.74, 6) is -1.07. The van der Waals surface area contributed by atoms with Crippen LogP contribution < -0.4 is 5.73 Å². The van der Waals surface area contributed by atoms with Gasteiger partial charge in [0.2, 0.25) is 0 Å². The van der Waals surface area contributed by atoms with Gasteiger partial charge in [-0.05, 0) is 36.2 Å². The fourth-order valence-corrected chi connectivity index (χ4v) is 4.47. The summed E-state index contributed by atoms with van der Waals surface area (Å²) < 4.78 is 56.8. The number of benzene rings is 1. The largest absolute Gasteiger partial charge is 0.370 e. The molecule has 0 spiro atoms. The number of aromatic nitrogens is 1. The number of hydrogen-bond acceptors (Lipinski definition) is 6. The van der Waals surface area contributed by atoms with Crippen molar-refractivity contribution in [1.82, 2.24) is 9.88 Å². The van der Waals surface area contributed by atoms with Gasteiger partial charge in [0, 0.05) is 37.0 Å². The minimum absolute atomic E-state index is 0.0150. The van der Waals surface area contributed by atoms with E-state index in [-0.39, 0.29) is 16.6 Å². The number of halogens is 2. The highest BCUT2D eigenvalue weighted by molar-refractivity contribution is 7.90. The van der Waals surface area contributed by atoms with Crippen molar-refractivity contribution in [2.75, 3.05) is 12.9 Å². The Balaban J connectivity index is 1.47. The molecular weight excluding hydrogens is 388 g/mol. The van der Waals surface area contributed by atoms with Crippen LogP contribution in [0.1, 0.15) is 29.3 Å². The average molecular weight is 409 g/mol. The monoisotopic (exact) mass is 409 g/mol. The zero-order valence-electron chi connectivity index (χ0n) is 15.3. The van der Waals surface area contributed by atoms with E-state index >= 15 is 0 Å². The lowest BCUT2D eigenvalue weighted by Crippen LogP contribution is -2.47. The van der Waals surface area contributed by atoms with E-state index in [4.69, 9.17) is 10.5 Å². The molecule has 3 atom stereocenters. The van der Waals surface area contributed by atoms with Crippen molar-refractivity contribution < 1.29 is 21.9 Å². The first-order valence-electron chi connectivity index (χ1n) is 8.97. The Morgan fingerprint density at radius 3 is 2.71 bits per heavy atom. The van der Waals surface area contributed by atoms with Gasteiger partial charge in [-0.3, -0.25) is 4.90 Å². The van der Waals surface area contributed by atoms with Crippen LogP contribution in [-0.2, 0) is 27.7 Å². The molecule has 0 amide bonds. The highest BCUT2D eigenvalue weighted by atomic mass is 32.2. The van der Waals surface area contributed by atoms with Crippen LogP contribution in [0, 0.1) is 11.6 Å². The Kier molecular flexibility index (Phi) is 4.95. The second kappa shape index (κ2) is 7.14. The molecule has 1 fully saturated rings. The molecule has 2 aromatic rings. The van der Waals surface area contributed by atoms with Crippen LogP contribution in [0.2, 0.25) is 0 Å². The summed E-state index contributed by atoms with van der Waals surface area (Å²) in [4.78, 5) is 6.41. The maximum atomic E-state index is 14.1. The summed E-state index contributed by atoms with van der Waals surface area (Å²) in [7, 11) is -3.36. The molecule has 1 aromatic carbocycles. The van der Waals surface area contributed by atoms with Crippen LogP contribution in [0.15, 0.2) is 35.4 Å². The van der Waals surface area contributed by atoms with Crippen molar-refractivity contribution in [3.63, 3.8) is 0 Å². The van der Waals surface area contributed by atoms with Gasteiger partial charge in [-0.1, -0.05) is 6.07 Å². The Bertz CT molecular complexity index is 1020. The topological polar surface area (TPSA) is 85.5 Å². The first-order chi connectivity index (χ1) is 13.2. The number of fused-ring (bicyclic) bond motifs is 1. The maximum absolute atomic E-state index is 14.1. The zero-order chi connectivity index (χ0) is 20.1. The molecule has 2 aliphatic rings. The molecule has 2 N–H and O–H groups in total. The first-order valence-corrected chi connectivity index (χ1v) is 10.9. The summed E-state index contributed by atoms with van der Waals surface area (Å²) in [5, 5.41) is 0.0614. The second-order valence-corrected chi connectivity index (χ2v) is 9.37. The Morgan fingerprint density at radius 1 is 1.21 bits per heavy atom. The highest BCUT2D eigenvalue weighted by Gasteiger charge is 2.36. The number of sulfone groups is 1. The van der Waals surface area contributed by atoms with E-state index < -0.39 is 33.6 Å². The molecule has 6 nitrogen and oxygen atoms in total. The number of rotatable bonds is 3. The molecular formula is C19H21F2N3O3S. The van der Waals surface area contributed by atoms with E-state index in [1.54, 1.807) is 6.07 Å². The fourth-order valence-electron chi connectivity index (χ4n) is 3.87. The van der Waals surface area contributed by atoms with Gasteiger partial charge in [0.15, 0.2) is 14.9 Å². The standard InChI is InChI=1S/C19H21F2N3O3S/c1-28(25,26)18-5-2-11-8-24(9-17(11)23-18)13-7-16(22)19(27-10-13)14-6-12(20)3-4-15(14)21/h2-6,13,16,19H,7-10,22H2,1H3/t13-,16+,19-/m1/s1. The predicted octanol–water partition coefficient (Wildman–Crippen LogP) is 1.94. The second-order valence-electron chi connectivity index (χ2n) is 7.41. The Hall–Kier alpha value is -1.94. The SMILES string of the molecule is CS(=O)(=O)c1ccc2c(n1)CN([C@H]1CO[C@H](c3cc(F)ccc3F)[C@@H](N)C1)C2. The molecule has 2 aliphatic heterocycles. The maximum Gasteiger partial charge on any atom is 0.192 e. The lowest BCUT2D eigenvalue weighted by molar-refractivity contribution is -0.0532. The first kappa shape index (κ1) is 19.4. The average Bonchev–Trinajstić information content (AvgIpc) is 3.06. The number of hydrogen-bond donors (Lipinski definition) is 1. The molecule has 0 aliphatic carbocycles. The summed E-state index contributed by atoms with van der Waals surface area (Å²) in [6, 6.07) is 6.07. The Labute approximate surface area is 162 Å². The van der Waals surface area contributed by atoms with Crippen molar-refractivity contribution in [1.29, 1.82) is 0 Å². The van der Waals surface area contributed by atoms with Crippen molar-refractivity contribution in [2.45, 2.75) is 42.7 Å². The lowest BCUT2D eigenvalue weighted by atomic mass is 9.93. The predicted molar refractivity (Wildman–Crippen MR) is 98.0 cm³/mol. The van der Waals surface area contributed by atoms with Crippen LogP contribution >= 0.6 is 0 Å². The van der Waals surface area contributed by atoms with Gasteiger partial charge in [-0.25, -0.2) is 22.2 Å². The van der Waals surface area contributed by atoms with Crippen molar-refractivity contribution in [3.8, 4) is 0 Å². The van der Waals surface area contributed by atoms with E-state index in [0.29, 0.717) is 26.1 Å². The number of ether oxygens (including phenoxy) is 1. The molecule has 4 rings (SSSR count). The van der Waals surface area contributed by atoms with E-state index in [2.05, 4.69) is 9.88 Å². The van der Waals surface area contributed by atoms with Crippen LogP contribution in [0.5, 0.6) is 0 Å². The van der Waals surface area contributed by atoms with Crippen LogP contribution in [0.25, 0.3) is 0 Å². The van der Waals surface area contributed by atoms with Gasteiger partial charge < -0.3 is 10.5 Å². The third kappa shape index (κ3) is 3.67. The van der Waals surface area contributed by atoms with Gasteiger partial charge >= 0.3 is 0 Å². The van der Waals surface area contributed by atoms with Gasteiger partial charge in [0.25, 0.3) is 0 Å². The molecule has 1 saturated heterocycles. The van der Waals surface area contributed by atoms with E-state index in [0.717, 1.165) is 35.7 Å². The molecule has 0 bridgehead atoms. The van der Waals surface area contributed by atoms with Gasteiger partial charge in [-0.15, -0.1) is 0 Å². The van der Waals surface area contributed by atoms with E-state index in [1.807, 2.05) is 0 Å². The number of pyridine rings is 1. The molecule has 3 heterocycles. The third-order valence-corrected chi connectivity index (χ3v) is 6.32. The molecule has 1 aromatic heterocycles. The van der Waals surface area contributed by atoms with Gasteiger partial charge in [-0.2, -0.15) is 0 Å². The normalized spacial score (nSPS) is 25.6.